The minimum absolute atomic E-state index is 1.02. The van der Waals surface area contributed by atoms with Gasteiger partial charge in [-0.2, -0.15) is 0 Å². The van der Waals surface area contributed by atoms with Crippen molar-refractivity contribution in [2.24, 2.45) is 11.8 Å². The van der Waals surface area contributed by atoms with Crippen LogP contribution in [0.25, 0.3) is 86.5 Å². The third-order valence-electron chi connectivity index (χ3n) is 22.4. The summed E-state index contributed by atoms with van der Waals surface area (Å²) in [6, 6.07) is 116. The van der Waals surface area contributed by atoms with E-state index in [1.807, 2.05) is 0 Å². The van der Waals surface area contributed by atoms with Gasteiger partial charge in [-0.3, -0.25) is 0 Å². The average Bonchev–Trinajstić information content (AvgIpc) is 0.769. The first-order valence-electron chi connectivity index (χ1n) is 41.2. The average molecular weight is 1490 g/mol. The first-order valence-corrected chi connectivity index (χ1v) is 41.2. The van der Waals surface area contributed by atoms with Crippen LogP contribution < -0.4 is 0 Å². The number of aryl methyl sites for hydroxylation is 18. The first kappa shape index (κ1) is 86.5. The number of fused-ring (bicyclic) bond motifs is 7. The molecular weight excluding hydrogens is 1370 g/mol. The van der Waals surface area contributed by atoms with Gasteiger partial charge in [0.05, 0.1) is 0 Å². The van der Waals surface area contributed by atoms with Crippen LogP contribution in [0.15, 0.2) is 328 Å². The molecule has 580 valence electrons. The minimum atomic E-state index is 1.02. The molecule has 0 atom stereocenters. The summed E-state index contributed by atoms with van der Waals surface area (Å²) in [6.07, 6.45) is 5.89. The quantitative estimate of drug-likeness (QED) is 0.144. The van der Waals surface area contributed by atoms with E-state index in [2.05, 4.69) is 466 Å². The molecule has 0 bridgehead atoms. The standard InChI is InChI=1S/2C16H14.C14H14.3C12H12.C8H16.3C8H10/c1-11-5-3-7-13-10-16-12(2)6-4-8-14(16)9-15(11)13;1-11-13-7-3-5-9-15(13)12(2)16-10-6-4-8-14(11)16;1-11-3-7-13(8-4-11)14-9-5-12(2)6-10-14;1-9-5-3-8-12-10(2)6-4-7-11(9)12;1-9-5-3-7-11-8-4-6-10(2)12(9)11;1-9-7-8-10(2)12-6-4-3-5-11(9)12;2*1-7-3-5-8(2)6-4-7;1-7-4-3-5-8(2)6-7;1-7-5-3-4-6-8(7)2/h2*3-10H,1-2H3;3-10H,1-2H3;3*3-8H,1-2H3;7-8H,3-6H2,1-2H3;3*3-6H,1-2H3. The molecule has 0 aromatic heterocycles. The fraction of sp³-hybridized carbons (Fsp3) is 0.228. The largest absolute Gasteiger partial charge is 0.0625 e. The van der Waals surface area contributed by atoms with E-state index in [4.69, 9.17) is 0 Å². The van der Waals surface area contributed by atoms with E-state index in [1.165, 1.54) is 212 Å². The molecule has 0 heterocycles. The Labute approximate surface area is 685 Å². The van der Waals surface area contributed by atoms with Crippen LogP contribution >= 0.6 is 0 Å². The Bertz CT molecular complexity index is 5450. The van der Waals surface area contributed by atoms with Gasteiger partial charge in [0.15, 0.2) is 0 Å². The van der Waals surface area contributed by atoms with Gasteiger partial charge in [-0.25, -0.2) is 0 Å². The zero-order valence-corrected chi connectivity index (χ0v) is 72.2. The minimum Gasteiger partial charge on any atom is -0.0625 e. The molecule has 0 amide bonds. The summed E-state index contributed by atoms with van der Waals surface area (Å²) >= 11 is 0. The maximum Gasteiger partial charge on any atom is -0.0125 e. The Hall–Kier alpha value is -11.4. The highest BCUT2D eigenvalue weighted by molar-refractivity contribution is 6.05. The molecule has 0 spiro atoms. The van der Waals surface area contributed by atoms with Gasteiger partial charge >= 0.3 is 0 Å². The van der Waals surface area contributed by atoms with Crippen LogP contribution in [0.2, 0.25) is 0 Å². The van der Waals surface area contributed by atoms with Crippen molar-refractivity contribution in [1.29, 1.82) is 0 Å². The van der Waals surface area contributed by atoms with Crippen molar-refractivity contribution < 1.29 is 0 Å². The summed E-state index contributed by atoms with van der Waals surface area (Å²) in [6.45, 7) is 43.3. The molecule has 17 aromatic rings. The van der Waals surface area contributed by atoms with Crippen LogP contribution in [0, 0.1) is 136 Å². The van der Waals surface area contributed by atoms with Gasteiger partial charge in [-0.05, 0) is 302 Å². The SMILES string of the molecule is CC1CCC(C)CC1.Cc1c2ccccc2c(C)c2ccccc12.Cc1ccc(-c2ccc(C)cc2)cc1.Cc1ccc(C)c2ccccc12.Cc1ccc(C)cc1.Cc1cccc(C)c1.Cc1cccc2c(C)cccc12.Cc1cccc2cc3c(C)cccc3cc12.Cc1cccc2cccc(C)c12.Cc1ccccc1C. The van der Waals surface area contributed by atoms with Gasteiger partial charge in [0, 0.05) is 0 Å². The summed E-state index contributed by atoms with van der Waals surface area (Å²) in [4.78, 5) is 0. The zero-order chi connectivity index (χ0) is 81.8. The molecule has 114 heavy (non-hydrogen) atoms. The van der Waals surface area contributed by atoms with Crippen molar-refractivity contribution in [3.8, 4) is 11.1 Å². The molecule has 0 saturated heterocycles. The highest BCUT2D eigenvalue weighted by atomic mass is 14.2. The van der Waals surface area contributed by atoms with E-state index in [-0.39, 0.29) is 0 Å². The summed E-state index contributed by atoms with van der Waals surface area (Å²) in [5.74, 6) is 2.04. The maximum absolute atomic E-state index is 2.37. The highest BCUT2D eigenvalue weighted by Crippen LogP contribution is 2.33. The van der Waals surface area contributed by atoms with Crippen molar-refractivity contribution in [2.75, 3.05) is 0 Å². The summed E-state index contributed by atoms with van der Waals surface area (Å²) in [5.41, 5.74) is 26.9. The first-order chi connectivity index (χ1) is 54.8. The van der Waals surface area contributed by atoms with Gasteiger partial charge in [0.25, 0.3) is 0 Å². The van der Waals surface area contributed by atoms with Crippen LogP contribution in [0.3, 0.4) is 0 Å². The molecule has 0 nitrogen and oxygen atoms in total. The molecule has 18 rings (SSSR count). The second-order valence-corrected chi connectivity index (χ2v) is 32.0. The molecule has 0 heteroatoms. The second kappa shape index (κ2) is 43.0. The lowest BCUT2D eigenvalue weighted by atomic mass is 9.84. The van der Waals surface area contributed by atoms with Crippen LogP contribution in [0.5, 0.6) is 0 Å². The molecule has 0 radical (unpaired) electrons. The van der Waals surface area contributed by atoms with Crippen LogP contribution in [-0.4, -0.2) is 0 Å². The van der Waals surface area contributed by atoms with Gasteiger partial charge in [0.1, 0.15) is 0 Å². The number of hydrogen-bond acceptors (Lipinski definition) is 0. The van der Waals surface area contributed by atoms with Crippen molar-refractivity contribution in [3.05, 3.63) is 428 Å². The molecule has 0 aliphatic heterocycles. The third-order valence-corrected chi connectivity index (χ3v) is 22.4. The molecule has 1 fully saturated rings. The Morgan fingerprint density at radius 3 is 0.684 bits per heavy atom. The third kappa shape index (κ3) is 25.0. The number of hydrogen-bond donors (Lipinski definition) is 0. The lowest BCUT2D eigenvalue weighted by Crippen LogP contribution is -2.08. The predicted octanol–water partition coefficient (Wildman–Crippen LogP) is 33.3. The van der Waals surface area contributed by atoms with Crippen molar-refractivity contribution in [3.63, 3.8) is 0 Å². The Kier molecular flexibility index (Phi) is 32.6. The Morgan fingerprint density at radius 2 is 0.395 bits per heavy atom. The molecule has 1 saturated carbocycles. The van der Waals surface area contributed by atoms with Crippen LogP contribution in [0.4, 0.5) is 0 Å². The van der Waals surface area contributed by atoms with E-state index in [9.17, 15) is 0 Å². The topological polar surface area (TPSA) is 0 Å². The van der Waals surface area contributed by atoms with E-state index < -0.39 is 0 Å². The van der Waals surface area contributed by atoms with Gasteiger partial charge in [-0.1, -0.05) is 388 Å². The predicted molar refractivity (Wildman–Crippen MR) is 508 cm³/mol. The van der Waals surface area contributed by atoms with Gasteiger partial charge < -0.3 is 0 Å². The smallest absolute Gasteiger partial charge is 0.0125 e. The lowest BCUT2D eigenvalue weighted by Gasteiger charge is -2.22. The monoisotopic (exact) mass is 1490 g/mol. The van der Waals surface area contributed by atoms with Gasteiger partial charge in [-0.15, -0.1) is 0 Å². The van der Waals surface area contributed by atoms with Crippen molar-refractivity contribution in [2.45, 2.75) is 164 Å². The van der Waals surface area contributed by atoms with Crippen molar-refractivity contribution >= 4 is 75.4 Å². The Balaban J connectivity index is 0.000000147. The van der Waals surface area contributed by atoms with Gasteiger partial charge in [0.2, 0.25) is 0 Å². The summed E-state index contributed by atoms with van der Waals surface area (Å²) in [7, 11) is 0. The van der Waals surface area contributed by atoms with Crippen molar-refractivity contribution in [1.82, 2.24) is 0 Å². The fourth-order valence-corrected chi connectivity index (χ4v) is 14.9. The normalized spacial score (nSPS) is 12.4. The van der Waals surface area contributed by atoms with Crippen LogP contribution in [0.1, 0.15) is 140 Å². The van der Waals surface area contributed by atoms with E-state index in [1.54, 1.807) is 0 Å². The maximum atomic E-state index is 2.37. The van der Waals surface area contributed by atoms with E-state index >= 15 is 0 Å². The fourth-order valence-electron chi connectivity index (χ4n) is 14.9. The molecule has 1 aliphatic rings. The summed E-state index contributed by atoms with van der Waals surface area (Å²) in [5, 5.41) is 19.1. The molecule has 0 unspecified atom stereocenters. The lowest BCUT2D eigenvalue weighted by molar-refractivity contribution is 0.308. The van der Waals surface area contributed by atoms with E-state index in [0.29, 0.717) is 0 Å². The summed E-state index contributed by atoms with van der Waals surface area (Å²) < 4.78 is 0. The molecule has 0 N–H and O–H groups in total. The van der Waals surface area contributed by atoms with Crippen LogP contribution in [-0.2, 0) is 0 Å². The van der Waals surface area contributed by atoms with E-state index in [0.717, 1.165) is 11.8 Å². The second-order valence-electron chi connectivity index (χ2n) is 32.0. The highest BCUT2D eigenvalue weighted by Gasteiger charge is 2.14. The molecule has 1 aliphatic carbocycles. The number of benzene rings is 17. The Morgan fingerprint density at radius 1 is 0.167 bits per heavy atom. The molecule has 17 aromatic carbocycles. The number of rotatable bonds is 1. The zero-order valence-electron chi connectivity index (χ0n) is 72.2. The molecular formula is C114H124.